The number of nitrogens with zero attached hydrogens (tertiary/aromatic N) is 4. The number of nitro groups is 1. The molecule has 2 aromatic heterocycles. The van der Waals surface area contributed by atoms with Gasteiger partial charge in [-0.3, -0.25) is 10.1 Å². The number of aromatic nitrogens is 3. The fourth-order valence-electron chi connectivity index (χ4n) is 4.10. The van der Waals surface area contributed by atoms with Crippen LogP contribution >= 0.6 is 22.9 Å². The molecule has 0 amide bonds. The monoisotopic (exact) mass is 665 g/mol. The Labute approximate surface area is 261 Å². The van der Waals surface area contributed by atoms with Gasteiger partial charge in [-0.1, -0.05) is 22.9 Å². The number of halogens is 4. The number of ether oxygens (including phenoxy) is 3. The van der Waals surface area contributed by atoms with E-state index in [2.05, 4.69) is 24.8 Å². The van der Waals surface area contributed by atoms with Gasteiger partial charge < -0.3 is 24.1 Å². The van der Waals surface area contributed by atoms with Crippen LogP contribution in [0.25, 0.3) is 21.3 Å². The van der Waals surface area contributed by atoms with Crippen LogP contribution in [0.4, 0.5) is 29.9 Å². The summed E-state index contributed by atoms with van der Waals surface area (Å²) in [4.78, 5) is 41.6. The van der Waals surface area contributed by atoms with E-state index in [-0.39, 0.29) is 28.1 Å². The number of nitro benzene ring substituents is 1. The number of anilines is 2. The number of hydrogen-bond donors (Lipinski definition) is 1. The Kier molecular flexibility index (Phi) is 9.78. The van der Waals surface area contributed by atoms with Crippen LogP contribution in [0, 0.1) is 10.1 Å². The lowest BCUT2D eigenvalue weighted by Crippen LogP contribution is -2.16. The van der Waals surface area contributed by atoms with Crippen molar-refractivity contribution in [3.05, 3.63) is 80.9 Å². The summed E-state index contributed by atoms with van der Waals surface area (Å²) in [5, 5.41) is 14.0. The quantitative estimate of drug-likeness (QED) is 0.104. The number of carbonyl (C=O) groups is 2. The molecule has 5 aromatic rings. The first-order valence-corrected chi connectivity index (χ1v) is 14.0. The summed E-state index contributed by atoms with van der Waals surface area (Å²) >= 11 is 6.72. The average Bonchev–Trinajstić information content (AvgIpc) is 3.55. The maximum absolute atomic E-state index is 12.5. The molecule has 0 unspecified atom stereocenters. The zero-order chi connectivity index (χ0) is 33.1. The van der Waals surface area contributed by atoms with E-state index in [1.807, 2.05) is 18.4 Å². The van der Waals surface area contributed by atoms with Crippen LogP contribution < -0.4 is 10.1 Å². The van der Waals surface area contributed by atoms with Gasteiger partial charge in [0.1, 0.15) is 10.8 Å². The first-order valence-electron chi connectivity index (χ1n) is 12.8. The number of imidazole rings is 1. The van der Waals surface area contributed by atoms with E-state index in [9.17, 15) is 32.9 Å². The molecular formula is C28H23ClF3N5O7S. The SMILES string of the molecule is COC(=O)c1ccc(Cl)c([N+](=O)[O-])c1.COC(=O)c1ccc2c(c1)nc(Nc1nc3ccc(OC(F)(F)F)cc3s1)n2C(C)C. The van der Waals surface area contributed by atoms with Crippen LogP contribution in [0.5, 0.6) is 5.75 Å². The number of benzene rings is 3. The van der Waals surface area contributed by atoms with E-state index < -0.39 is 23.2 Å². The van der Waals surface area contributed by atoms with Crippen molar-refractivity contribution < 1.29 is 41.9 Å². The van der Waals surface area contributed by atoms with Crippen molar-refractivity contribution in [3.8, 4) is 5.75 Å². The Balaban J connectivity index is 0.000000276. The second-order valence-electron chi connectivity index (χ2n) is 9.33. The largest absolute Gasteiger partial charge is 0.573 e. The van der Waals surface area contributed by atoms with E-state index in [1.54, 1.807) is 18.2 Å². The van der Waals surface area contributed by atoms with Gasteiger partial charge in [0.25, 0.3) is 5.69 Å². The minimum atomic E-state index is -4.76. The summed E-state index contributed by atoms with van der Waals surface area (Å²) in [6, 6.07) is 12.8. The van der Waals surface area contributed by atoms with E-state index in [1.165, 1.54) is 55.9 Å². The topological polar surface area (TPSA) is 148 Å². The maximum atomic E-state index is 12.5. The molecule has 5 rings (SSSR count). The molecule has 236 valence electrons. The Morgan fingerprint density at radius 3 is 2.22 bits per heavy atom. The third-order valence-electron chi connectivity index (χ3n) is 6.00. The highest BCUT2D eigenvalue weighted by Crippen LogP contribution is 2.34. The Bertz CT molecular complexity index is 1910. The minimum Gasteiger partial charge on any atom is -0.465 e. The summed E-state index contributed by atoms with van der Waals surface area (Å²) in [6.07, 6.45) is -4.76. The van der Waals surface area contributed by atoms with Gasteiger partial charge in [0.05, 0.1) is 51.5 Å². The van der Waals surface area contributed by atoms with Crippen molar-refractivity contribution in [3.63, 3.8) is 0 Å². The predicted molar refractivity (Wildman–Crippen MR) is 160 cm³/mol. The standard InChI is InChI=1S/C20H17F3N4O3S.C8H6ClNO4/c1-10(2)27-15-7-4-11(17(28)29-3)8-14(15)24-18(27)26-19-25-13-6-5-12(9-16(13)31-19)30-20(21,22)23;1-14-8(11)5-2-3-6(9)7(4-5)10(12)13/h4-10H,1-3H3,(H,24,25,26);2-4H,1H3. The molecule has 0 spiro atoms. The third kappa shape index (κ3) is 7.77. The normalized spacial score (nSPS) is 11.2. The van der Waals surface area contributed by atoms with Crippen molar-refractivity contribution in [1.82, 2.24) is 14.5 Å². The second-order valence-corrected chi connectivity index (χ2v) is 10.8. The van der Waals surface area contributed by atoms with Gasteiger partial charge in [0.15, 0.2) is 5.13 Å². The summed E-state index contributed by atoms with van der Waals surface area (Å²) < 4.78 is 53.0. The van der Waals surface area contributed by atoms with Crippen molar-refractivity contribution in [1.29, 1.82) is 0 Å². The van der Waals surface area contributed by atoms with E-state index in [0.29, 0.717) is 32.4 Å². The smallest absolute Gasteiger partial charge is 0.465 e. The molecule has 0 atom stereocenters. The predicted octanol–water partition coefficient (Wildman–Crippen LogP) is 7.69. The highest BCUT2D eigenvalue weighted by molar-refractivity contribution is 7.22. The van der Waals surface area contributed by atoms with Crippen LogP contribution in [0.1, 0.15) is 40.6 Å². The molecule has 0 bridgehead atoms. The molecule has 0 radical (unpaired) electrons. The lowest BCUT2D eigenvalue weighted by molar-refractivity contribution is -0.384. The number of hydrogen-bond acceptors (Lipinski definition) is 11. The van der Waals surface area contributed by atoms with Gasteiger partial charge in [0, 0.05) is 18.2 Å². The van der Waals surface area contributed by atoms with E-state index in [4.69, 9.17) is 16.3 Å². The number of alkyl halides is 3. The van der Waals surface area contributed by atoms with Crippen LogP contribution in [0.3, 0.4) is 0 Å². The zero-order valence-electron chi connectivity index (χ0n) is 23.8. The Hall–Kier alpha value is -4.96. The fourth-order valence-corrected chi connectivity index (χ4v) is 5.18. The van der Waals surface area contributed by atoms with Gasteiger partial charge in [0.2, 0.25) is 5.95 Å². The Morgan fingerprint density at radius 1 is 0.978 bits per heavy atom. The lowest BCUT2D eigenvalue weighted by atomic mass is 10.2. The van der Waals surface area contributed by atoms with E-state index in [0.717, 1.165) is 11.6 Å². The number of thiazole rings is 1. The molecule has 2 heterocycles. The molecule has 0 aliphatic heterocycles. The molecular weight excluding hydrogens is 643 g/mol. The lowest BCUT2D eigenvalue weighted by Gasteiger charge is -2.13. The maximum Gasteiger partial charge on any atom is 0.573 e. The number of fused-ring (bicyclic) bond motifs is 2. The van der Waals surface area contributed by atoms with E-state index >= 15 is 0 Å². The number of nitrogens with one attached hydrogen (secondary N) is 1. The summed E-state index contributed by atoms with van der Waals surface area (Å²) in [5.74, 6) is -0.902. The molecule has 0 saturated heterocycles. The van der Waals surface area contributed by atoms with Gasteiger partial charge in [-0.15, -0.1) is 13.2 Å². The zero-order valence-corrected chi connectivity index (χ0v) is 25.4. The number of esters is 2. The van der Waals surface area contributed by atoms with Gasteiger partial charge >= 0.3 is 18.3 Å². The minimum absolute atomic E-state index is 0.0114. The van der Waals surface area contributed by atoms with Crippen molar-refractivity contribution in [2.24, 2.45) is 0 Å². The molecule has 0 aliphatic rings. The molecule has 45 heavy (non-hydrogen) atoms. The highest BCUT2D eigenvalue weighted by atomic mass is 35.5. The highest BCUT2D eigenvalue weighted by Gasteiger charge is 2.31. The first kappa shape index (κ1) is 32.9. The average molecular weight is 666 g/mol. The summed E-state index contributed by atoms with van der Waals surface area (Å²) in [6.45, 7) is 3.97. The molecule has 0 fully saturated rings. The number of rotatable bonds is 7. The first-order chi connectivity index (χ1) is 21.2. The van der Waals surface area contributed by atoms with Gasteiger partial charge in [-0.25, -0.2) is 19.6 Å². The fraction of sp³-hybridized carbons (Fsp3) is 0.214. The van der Waals surface area contributed by atoms with Crippen molar-refractivity contribution >= 4 is 72.9 Å². The molecule has 0 saturated carbocycles. The van der Waals surface area contributed by atoms with Gasteiger partial charge in [-0.05, 0) is 56.3 Å². The van der Waals surface area contributed by atoms with Crippen LogP contribution in [-0.4, -0.2) is 52.0 Å². The summed E-state index contributed by atoms with van der Waals surface area (Å²) in [5.41, 5.74) is 2.11. The second kappa shape index (κ2) is 13.4. The molecule has 1 N–H and O–H groups in total. The van der Waals surface area contributed by atoms with Crippen LogP contribution in [-0.2, 0) is 9.47 Å². The molecule has 0 aliphatic carbocycles. The molecule has 12 nitrogen and oxygen atoms in total. The van der Waals surface area contributed by atoms with Crippen molar-refractivity contribution in [2.75, 3.05) is 19.5 Å². The number of methoxy groups -OCH3 is 2. The van der Waals surface area contributed by atoms with Crippen molar-refractivity contribution in [2.45, 2.75) is 26.3 Å². The van der Waals surface area contributed by atoms with Crippen LogP contribution in [0.2, 0.25) is 5.02 Å². The summed E-state index contributed by atoms with van der Waals surface area (Å²) in [7, 11) is 2.51. The van der Waals surface area contributed by atoms with Gasteiger partial charge in [-0.2, -0.15) is 0 Å². The molecule has 3 aromatic carbocycles. The third-order valence-corrected chi connectivity index (χ3v) is 7.26. The van der Waals surface area contributed by atoms with Crippen LogP contribution in [0.15, 0.2) is 54.6 Å². The number of carbonyl (C=O) groups excluding carboxylic acids is 2. The Morgan fingerprint density at radius 2 is 1.62 bits per heavy atom. The molecule has 17 heteroatoms.